The number of rotatable bonds is 4. The molecule has 0 spiro atoms. The third kappa shape index (κ3) is 3.54. The first-order chi connectivity index (χ1) is 12.5. The monoisotopic (exact) mass is 348 g/mol. The molecule has 0 atom stereocenters. The highest BCUT2D eigenvalue weighted by atomic mass is 16.2. The Bertz CT molecular complexity index is 1030. The van der Waals surface area contributed by atoms with E-state index in [4.69, 9.17) is 0 Å². The van der Waals surface area contributed by atoms with E-state index >= 15 is 0 Å². The molecule has 1 N–H and O–H groups in total. The summed E-state index contributed by atoms with van der Waals surface area (Å²) in [5.74, 6) is -0.00313. The molecular weight excluding hydrogens is 328 g/mol. The average Bonchev–Trinajstić information content (AvgIpc) is 2.65. The molecular formula is C20H20N4O2. The van der Waals surface area contributed by atoms with Crippen LogP contribution >= 0.6 is 0 Å². The first kappa shape index (κ1) is 17.5. The van der Waals surface area contributed by atoms with Gasteiger partial charge in [-0.2, -0.15) is 10.2 Å². The van der Waals surface area contributed by atoms with Crippen molar-refractivity contribution in [3.8, 4) is 0 Å². The SMILES string of the molecule is CC(C)c1ccc(/C=N/NC(=O)c2nn(C)c(=O)c3ccccc23)cc1. The van der Waals surface area contributed by atoms with Crippen LogP contribution < -0.4 is 11.0 Å². The van der Waals surface area contributed by atoms with Gasteiger partial charge in [0.25, 0.3) is 11.5 Å². The summed E-state index contributed by atoms with van der Waals surface area (Å²) in [6.45, 7) is 4.27. The maximum Gasteiger partial charge on any atom is 0.292 e. The Hall–Kier alpha value is -3.28. The average molecular weight is 348 g/mol. The standard InChI is InChI=1S/C20H20N4O2/c1-13(2)15-10-8-14(9-11-15)12-21-22-19(25)18-16-6-4-5-7-17(16)20(26)24(3)23-18/h4-13H,1-3H3,(H,22,25)/b21-12+. The van der Waals surface area contributed by atoms with Crippen LogP contribution in [0.15, 0.2) is 58.4 Å². The molecule has 0 saturated carbocycles. The Kier molecular flexibility index (Phi) is 4.93. The predicted molar refractivity (Wildman–Crippen MR) is 103 cm³/mol. The molecule has 0 bridgehead atoms. The van der Waals surface area contributed by atoms with Gasteiger partial charge in [0.15, 0.2) is 5.69 Å². The van der Waals surface area contributed by atoms with Gasteiger partial charge in [0.1, 0.15) is 0 Å². The number of aryl methyl sites for hydroxylation is 1. The van der Waals surface area contributed by atoms with Gasteiger partial charge in [-0.15, -0.1) is 0 Å². The molecule has 0 radical (unpaired) electrons. The zero-order chi connectivity index (χ0) is 18.7. The normalized spacial score (nSPS) is 11.4. The molecule has 6 heteroatoms. The van der Waals surface area contributed by atoms with Gasteiger partial charge in [-0.1, -0.05) is 56.3 Å². The minimum Gasteiger partial charge on any atom is -0.267 e. The zero-order valence-corrected chi connectivity index (χ0v) is 14.9. The number of fused-ring (bicyclic) bond motifs is 1. The Labute approximate surface area is 151 Å². The highest BCUT2D eigenvalue weighted by Gasteiger charge is 2.14. The van der Waals surface area contributed by atoms with Crippen LogP contribution in [0.3, 0.4) is 0 Å². The number of hydrazone groups is 1. The van der Waals surface area contributed by atoms with E-state index in [0.29, 0.717) is 16.7 Å². The van der Waals surface area contributed by atoms with E-state index in [9.17, 15) is 9.59 Å². The Morgan fingerprint density at radius 2 is 1.77 bits per heavy atom. The largest absolute Gasteiger partial charge is 0.292 e. The number of amides is 1. The molecule has 0 aliphatic rings. The van der Waals surface area contributed by atoms with E-state index in [1.165, 1.54) is 12.6 Å². The van der Waals surface area contributed by atoms with Crippen LogP contribution in [0.5, 0.6) is 0 Å². The molecule has 1 aromatic heterocycles. The van der Waals surface area contributed by atoms with Crippen LogP contribution in [-0.2, 0) is 7.05 Å². The molecule has 1 amide bonds. The van der Waals surface area contributed by atoms with E-state index in [1.54, 1.807) is 30.5 Å². The number of nitrogens with one attached hydrogen (secondary N) is 1. The van der Waals surface area contributed by atoms with Gasteiger partial charge in [-0.25, -0.2) is 10.1 Å². The molecule has 0 aliphatic heterocycles. The molecule has 2 aromatic carbocycles. The van der Waals surface area contributed by atoms with E-state index in [1.807, 2.05) is 24.3 Å². The molecule has 0 unspecified atom stereocenters. The van der Waals surface area contributed by atoms with Crippen molar-refractivity contribution in [3.05, 3.63) is 75.7 Å². The molecule has 3 aromatic rings. The fourth-order valence-electron chi connectivity index (χ4n) is 2.65. The van der Waals surface area contributed by atoms with Crippen molar-refractivity contribution >= 4 is 22.9 Å². The van der Waals surface area contributed by atoms with Crippen LogP contribution in [0.1, 0.15) is 41.4 Å². The van der Waals surface area contributed by atoms with E-state index in [2.05, 4.69) is 29.5 Å². The quantitative estimate of drug-likeness (QED) is 0.582. The number of hydrogen-bond donors (Lipinski definition) is 1. The summed E-state index contributed by atoms with van der Waals surface area (Å²) in [6.07, 6.45) is 1.58. The topological polar surface area (TPSA) is 76.3 Å². The third-order valence-corrected chi connectivity index (χ3v) is 4.15. The number of hydrogen-bond acceptors (Lipinski definition) is 4. The van der Waals surface area contributed by atoms with Crippen molar-refractivity contribution in [2.75, 3.05) is 0 Å². The van der Waals surface area contributed by atoms with Gasteiger partial charge in [0, 0.05) is 12.4 Å². The van der Waals surface area contributed by atoms with E-state index in [0.717, 1.165) is 10.2 Å². The Balaban J connectivity index is 1.81. The molecule has 0 saturated heterocycles. The molecule has 6 nitrogen and oxygen atoms in total. The minimum absolute atomic E-state index is 0.162. The maximum atomic E-state index is 12.5. The smallest absolute Gasteiger partial charge is 0.267 e. The van der Waals surface area contributed by atoms with Crippen molar-refractivity contribution in [1.82, 2.24) is 15.2 Å². The lowest BCUT2D eigenvalue weighted by molar-refractivity contribution is 0.0950. The van der Waals surface area contributed by atoms with Crippen LogP contribution in [0.25, 0.3) is 10.8 Å². The number of nitrogens with zero attached hydrogens (tertiary/aromatic N) is 3. The number of aromatic nitrogens is 2. The maximum absolute atomic E-state index is 12.5. The van der Waals surface area contributed by atoms with Gasteiger partial charge in [0.2, 0.25) is 0 Å². The van der Waals surface area contributed by atoms with Gasteiger partial charge in [-0.05, 0) is 23.1 Å². The van der Waals surface area contributed by atoms with Gasteiger partial charge in [0.05, 0.1) is 11.6 Å². The zero-order valence-electron chi connectivity index (χ0n) is 14.9. The van der Waals surface area contributed by atoms with Crippen LogP contribution in [-0.4, -0.2) is 21.9 Å². The molecule has 26 heavy (non-hydrogen) atoms. The summed E-state index contributed by atoms with van der Waals surface area (Å²) in [4.78, 5) is 24.6. The highest BCUT2D eigenvalue weighted by molar-refractivity contribution is 6.04. The van der Waals surface area contributed by atoms with Crippen molar-refractivity contribution in [1.29, 1.82) is 0 Å². The molecule has 0 fully saturated rings. The Morgan fingerprint density at radius 1 is 1.12 bits per heavy atom. The van der Waals surface area contributed by atoms with Crippen molar-refractivity contribution < 1.29 is 4.79 Å². The summed E-state index contributed by atoms with van der Waals surface area (Å²) in [7, 11) is 1.52. The van der Waals surface area contributed by atoms with E-state index < -0.39 is 5.91 Å². The summed E-state index contributed by atoms with van der Waals surface area (Å²) in [5, 5.41) is 9.03. The number of carbonyl (C=O) groups is 1. The molecule has 3 rings (SSSR count). The second-order valence-corrected chi connectivity index (χ2v) is 6.34. The van der Waals surface area contributed by atoms with Crippen LogP contribution in [0.2, 0.25) is 0 Å². The van der Waals surface area contributed by atoms with Crippen molar-refractivity contribution in [3.63, 3.8) is 0 Å². The summed E-state index contributed by atoms with van der Waals surface area (Å²) >= 11 is 0. The molecule has 132 valence electrons. The summed E-state index contributed by atoms with van der Waals surface area (Å²) < 4.78 is 1.16. The third-order valence-electron chi connectivity index (χ3n) is 4.15. The number of benzene rings is 2. The van der Waals surface area contributed by atoms with Gasteiger partial charge < -0.3 is 0 Å². The first-order valence-electron chi connectivity index (χ1n) is 8.37. The van der Waals surface area contributed by atoms with Gasteiger partial charge in [-0.3, -0.25) is 9.59 Å². The van der Waals surface area contributed by atoms with Crippen LogP contribution in [0, 0.1) is 0 Å². The summed E-state index contributed by atoms with van der Waals surface area (Å²) in [6, 6.07) is 14.9. The second-order valence-electron chi connectivity index (χ2n) is 6.34. The first-order valence-corrected chi connectivity index (χ1v) is 8.37. The predicted octanol–water partition coefficient (Wildman–Crippen LogP) is 2.82. The van der Waals surface area contributed by atoms with Crippen molar-refractivity contribution in [2.45, 2.75) is 19.8 Å². The number of carbonyl (C=O) groups excluding carboxylic acids is 1. The lowest BCUT2D eigenvalue weighted by Gasteiger charge is -2.06. The van der Waals surface area contributed by atoms with Crippen LogP contribution in [0.4, 0.5) is 0 Å². The molecule has 0 aliphatic carbocycles. The highest BCUT2D eigenvalue weighted by Crippen LogP contribution is 2.14. The van der Waals surface area contributed by atoms with Gasteiger partial charge >= 0.3 is 0 Å². The fraction of sp³-hybridized carbons (Fsp3) is 0.200. The van der Waals surface area contributed by atoms with Crippen molar-refractivity contribution in [2.24, 2.45) is 12.1 Å². The molecule has 1 heterocycles. The fourth-order valence-corrected chi connectivity index (χ4v) is 2.65. The lowest BCUT2D eigenvalue weighted by atomic mass is 10.0. The Morgan fingerprint density at radius 3 is 2.42 bits per heavy atom. The lowest BCUT2D eigenvalue weighted by Crippen LogP contribution is -2.27. The summed E-state index contributed by atoms with van der Waals surface area (Å²) in [5.41, 5.74) is 4.52. The van der Waals surface area contributed by atoms with E-state index in [-0.39, 0.29) is 11.3 Å². The second kappa shape index (κ2) is 7.31. The minimum atomic E-state index is -0.466.